The third-order valence-electron chi connectivity index (χ3n) is 2.14. The number of carbonyl (C=O) groups excluding carboxylic acids is 2. The first-order valence-corrected chi connectivity index (χ1v) is 6.22. The lowest BCUT2D eigenvalue weighted by atomic mass is 10.2. The van der Waals surface area contributed by atoms with Crippen molar-refractivity contribution in [1.29, 1.82) is 0 Å². The van der Waals surface area contributed by atoms with Crippen molar-refractivity contribution in [3.05, 3.63) is 35.9 Å². The normalized spacial score (nSPS) is 11.1. The molecule has 1 rings (SSSR count). The highest BCUT2D eigenvalue weighted by Gasteiger charge is 2.18. The van der Waals surface area contributed by atoms with Crippen molar-refractivity contribution in [2.75, 3.05) is 6.61 Å². The van der Waals surface area contributed by atoms with Crippen LogP contribution in [0.15, 0.2) is 30.3 Å². The topological polar surface area (TPSA) is 52.6 Å². The van der Waals surface area contributed by atoms with Crippen LogP contribution in [0.3, 0.4) is 0 Å². The highest BCUT2D eigenvalue weighted by atomic mass is 16.6. The molecule has 1 aromatic rings. The third-order valence-corrected chi connectivity index (χ3v) is 2.14. The Hall–Kier alpha value is -1.68. The largest absolute Gasteiger partial charge is 0.460 e. The molecule has 0 aromatic heterocycles. The number of rotatable bonds is 6. The Balaban J connectivity index is 2.23. The Bertz CT molecular complexity index is 418. The highest BCUT2D eigenvalue weighted by molar-refractivity contribution is 5.96. The summed E-state index contributed by atoms with van der Waals surface area (Å²) < 4.78 is 10.3. The first-order chi connectivity index (χ1) is 8.87. The molecule has 0 saturated carbocycles. The predicted octanol–water partition coefficient (Wildman–Crippen LogP) is 2.50. The van der Waals surface area contributed by atoms with E-state index in [1.54, 1.807) is 20.8 Å². The highest BCUT2D eigenvalue weighted by Crippen LogP contribution is 2.08. The number of benzene rings is 1. The zero-order chi connectivity index (χ0) is 14.3. The van der Waals surface area contributed by atoms with E-state index in [2.05, 4.69) is 0 Å². The minimum absolute atomic E-state index is 0.0753. The molecule has 0 fully saturated rings. The second kappa shape index (κ2) is 7.04. The molecule has 1 aromatic carbocycles. The van der Waals surface area contributed by atoms with Gasteiger partial charge in [-0.15, -0.1) is 0 Å². The van der Waals surface area contributed by atoms with E-state index >= 15 is 0 Å². The second-order valence-corrected chi connectivity index (χ2v) is 5.28. The molecule has 0 aliphatic heterocycles. The summed E-state index contributed by atoms with van der Waals surface area (Å²) in [6.07, 6.45) is -0.244. The number of hydrogen-bond donors (Lipinski definition) is 0. The van der Waals surface area contributed by atoms with Crippen molar-refractivity contribution in [3.63, 3.8) is 0 Å². The molecule has 0 spiro atoms. The summed E-state index contributed by atoms with van der Waals surface area (Å²) in [7, 11) is 0. The molecular weight excluding hydrogens is 244 g/mol. The molecule has 0 saturated heterocycles. The maximum Gasteiger partial charge on any atom is 0.313 e. The van der Waals surface area contributed by atoms with Gasteiger partial charge in [-0.25, -0.2) is 0 Å². The number of ketones is 1. The van der Waals surface area contributed by atoms with Gasteiger partial charge in [-0.3, -0.25) is 9.59 Å². The molecular formula is C15H20O4. The van der Waals surface area contributed by atoms with Gasteiger partial charge in [0.15, 0.2) is 5.78 Å². The van der Waals surface area contributed by atoms with Crippen molar-refractivity contribution < 1.29 is 19.1 Å². The fraction of sp³-hybridized carbons (Fsp3) is 0.467. The minimum atomic E-state index is -0.567. The fourth-order valence-electron chi connectivity index (χ4n) is 1.45. The van der Waals surface area contributed by atoms with E-state index in [0.29, 0.717) is 6.61 Å². The summed E-state index contributed by atoms with van der Waals surface area (Å²) in [5.41, 5.74) is 0.426. The summed E-state index contributed by atoms with van der Waals surface area (Å²) in [6.45, 7) is 5.58. The van der Waals surface area contributed by atoms with Crippen LogP contribution in [0, 0.1) is 0 Å². The van der Waals surface area contributed by atoms with Crippen LogP contribution in [0.25, 0.3) is 0 Å². The SMILES string of the molecule is CC(C)(C)OC(=O)CC(=O)COCc1ccccc1. The average molecular weight is 264 g/mol. The van der Waals surface area contributed by atoms with Crippen LogP contribution >= 0.6 is 0 Å². The van der Waals surface area contributed by atoms with E-state index in [1.807, 2.05) is 30.3 Å². The maximum absolute atomic E-state index is 11.5. The predicted molar refractivity (Wildman–Crippen MR) is 71.6 cm³/mol. The van der Waals surface area contributed by atoms with E-state index in [0.717, 1.165) is 5.56 Å². The van der Waals surface area contributed by atoms with Crippen molar-refractivity contribution in [2.24, 2.45) is 0 Å². The van der Waals surface area contributed by atoms with Crippen LogP contribution in [0.5, 0.6) is 0 Å². The zero-order valence-electron chi connectivity index (χ0n) is 11.6. The molecule has 104 valence electrons. The summed E-state index contributed by atoms with van der Waals surface area (Å²) in [4.78, 5) is 22.9. The van der Waals surface area contributed by atoms with E-state index in [9.17, 15) is 9.59 Å². The van der Waals surface area contributed by atoms with Crippen LogP contribution in [0.1, 0.15) is 32.8 Å². The molecule has 4 nitrogen and oxygen atoms in total. The number of carbonyl (C=O) groups is 2. The Morgan fingerprint density at radius 2 is 1.74 bits per heavy atom. The minimum Gasteiger partial charge on any atom is -0.460 e. The number of ether oxygens (including phenoxy) is 2. The zero-order valence-corrected chi connectivity index (χ0v) is 11.6. The van der Waals surface area contributed by atoms with Crippen LogP contribution in [-0.2, 0) is 25.7 Å². The molecule has 4 heteroatoms. The third kappa shape index (κ3) is 7.36. The number of esters is 1. The number of Topliss-reactive ketones (excluding diaryl/α,β-unsaturated/α-hetero) is 1. The lowest BCUT2D eigenvalue weighted by Gasteiger charge is -2.19. The first kappa shape index (κ1) is 15.4. The molecule has 0 amide bonds. The van der Waals surface area contributed by atoms with Gasteiger partial charge in [-0.1, -0.05) is 30.3 Å². The van der Waals surface area contributed by atoms with Crippen molar-refractivity contribution in [1.82, 2.24) is 0 Å². The summed E-state index contributed by atoms with van der Waals surface area (Å²) in [5.74, 6) is -0.786. The molecule has 0 heterocycles. The lowest BCUT2D eigenvalue weighted by Crippen LogP contribution is -2.26. The summed E-state index contributed by atoms with van der Waals surface area (Å²) in [5, 5.41) is 0. The summed E-state index contributed by atoms with van der Waals surface area (Å²) in [6, 6.07) is 9.55. The molecule has 0 radical (unpaired) electrons. The molecule has 0 unspecified atom stereocenters. The summed E-state index contributed by atoms with van der Waals surface area (Å²) >= 11 is 0. The van der Waals surface area contributed by atoms with Gasteiger partial charge >= 0.3 is 5.97 Å². The smallest absolute Gasteiger partial charge is 0.313 e. The first-order valence-electron chi connectivity index (χ1n) is 6.22. The molecule has 0 aliphatic rings. The second-order valence-electron chi connectivity index (χ2n) is 5.28. The molecule has 0 atom stereocenters. The Labute approximate surface area is 113 Å². The standard InChI is InChI=1S/C15H20O4/c1-15(2,3)19-14(17)9-13(16)11-18-10-12-7-5-4-6-8-12/h4-8H,9-11H2,1-3H3. The molecule has 0 N–H and O–H groups in total. The van der Waals surface area contributed by atoms with Gasteiger partial charge < -0.3 is 9.47 Å². The van der Waals surface area contributed by atoms with Gasteiger partial charge in [0, 0.05) is 0 Å². The lowest BCUT2D eigenvalue weighted by molar-refractivity contribution is -0.156. The fourth-order valence-corrected chi connectivity index (χ4v) is 1.45. The van der Waals surface area contributed by atoms with Crippen LogP contribution in [-0.4, -0.2) is 24.0 Å². The van der Waals surface area contributed by atoms with Gasteiger partial charge in [0.05, 0.1) is 6.61 Å². The van der Waals surface area contributed by atoms with Gasteiger partial charge in [0.1, 0.15) is 18.6 Å². The molecule has 0 aliphatic carbocycles. The molecule has 19 heavy (non-hydrogen) atoms. The van der Waals surface area contributed by atoms with Gasteiger partial charge in [0.2, 0.25) is 0 Å². The number of hydrogen-bond acceptors (Lipinski definition) is 4. The van der Waals surface area contributed by atoms with E-state index in [-0.39, 0.29) is 18.8 Å². The van der Waals surface area contributed by atoms with E-state index in [4.69, 9.17) is 9.47 Å². The van der Waals surface area contributed by atoms with Crippen molar-refractivity contribution >= 4 is 11.8 Å². The van der Waals surface area contributed by atoms with Crippen LogP contribution in [0.4, 0.5) is 0 Å². The van der Waals surface area contributed by atoms with Crippen molar-refractivity contribution in [2.45, 2.75) is 39.4 Å². The Kier molecular flexibility index (Phi) is 5.70. The maximum atomic E-state index is 11.5. The van der Waals surface area contributed by atoms with E-state index < -0.39 is 11.6 Å². The van der Waals surface area contributed by atoms with Gasteiger partial charge in [-0.2, -0.15) is 0 Å². The van der Waals surface area contributed by atoms with Crippen molar-refractivity contribution in [3.8, 4) is 0 Å². The van der Waals surface area contributed by atoms with Crippen LogP contribution in [0.2, 0.25) is 0 Å². The molecule has 0 bridgehead atoms. The Morgan fingerprint density at radius 1 is 1.11 bits per heavy atom. The quantitative estimate of drug-likeness (QED) is 0.585. The van der Waals surface area contributed by atoms with Crippen LogP contribution < -0.4 is 0 Å². The van der Waals surface area contributed by atoms with Gasteiger partial charge in [0.25, 0.3) is 0 Å². The average Bonchev–Trinajstić information content (AvgIpc) is 2.27. The monoisotopic (exact) mass is 264 g/mol. The van der Waals surface area contributed by atoms with Gasteiger partial charge in [-0.05, 0) is 26.3 Å². The Morgan fingerprint density at radius 3 is 2.32 bits per heavy atom. The van der Waals surface area contributed by atoms with E-state index in [1.165, 1.54) is 0 Å².